The second kappa shape index (κ2) is 7.76. The second-order valence-electron chi connectivity index (χ2n) is 6.78. The van der Waals surface area contributed by atoms with Crippen molar-refractivity contribution >= 4 is 16.7 Å². The van der Waals surface area contributed by atoms with Crippen molar-refractivity contribution in [3.8, 4) is 5.75 Å². The molecular formula is C22H23N3O2. The molecule has 4 rings (SSSR count). The number of fused-ring (bicyclic) bond motifs is 1. The summed E-state index contributed by atoms with van der Waals surface area (Å²) in [7, 11) is 1.72. The summed E-state index contributed by atoms with van der Waals surface area (Å²) in [6.07, 6.45) is 3.32. The highest BCUT2D eigenvalue weighted by molar-refractivity contribution is 5.94. The fraction of sp³-hybridized carbons (Fsp3) is 0.273. The number of carbonyl (C=O) groups excluding carboxylic acids is 1. The fourth-order valence-corrected chi connectivity index (χ4v) is 3.67. The molecule has 0 spiro atoms. The Hall–Kier alpha value is -2.92. The number of methoxy groups -OCH3 is 1. The minimum atomic E-state index is 0.0606. The van der Waals surface area contributed by atoms with Crippen LogP contribution in [-0.4, -0.2) is 54.0 Å². The Morgan fingerprint density at radius 2 is 1.85 bits per heavy atom. The van der Waals surface area contributed by atoms with Gasteiger partial charge in [0.15, 0.2) is 0 Å². The zero-order valence-corrected chi connectivity index (χ0v) is 15.5. The molecule has 0 atom stereocenters. The van der Waals surface area contributed by atoms with Gasteiger partial charge in [0.2, 0.25) is 0 Å². The second-order valence-corrected chi connectivity index (χ2v) is 6.78. The number of benzene rings is 2. The molecule has 1 aliphatic rings. The van der Waals surface area contributed by atoms with Crippen LogP contribution in [-0.2, 0) is 6.54 Å². The van der Waals surface area contributed by atoms with Crippen molar-refractivity contribution in [3.05, 3.63) is 72.1 Å². The van der Waals surface area contributed by atoms with E-state index in [-0.39, 0.29) is 5.91 Å². The zero-order chi connectivity index (χ0) is 18.6. The van der Waals surface area contributed by atoms with Crippen LogP contribution in [0.25, 0.3) is 10.8 Å². The molecule has 1 aliphatic heterocycles. The van der Waals surface area contributed by atoms with E-state index in [0.717, 1.165) is 38.5 Å². The predicted molar refractivity (Wildman–Crippen MR) is 106 cm³/mol. The van der Waals surface area contributed by atoms with Gasteiger partial charge in [-0.1, -0.05) is 30.3 Å². The van der Waals surface area contributed by atoms with Gasteiger partial charge in [0.25, 0.3) is 5.91 Å². The Balaban J connectivity index is 1.47. The SMILES string of the molecule is COc1ccc2ccccc2c1CN1CCN(C(=O)c2cccnc2)CC1. The molecule has 0 radical (unpaired) electrons. The number of rotatable bonds is 4. The molecule has 3 aromatic rings. The third-order valence-electron chi connectivity index (χ3n) is 5.17. The number of aromatic nitrogens is 1. The quantitative estimate of drug-likeness (QED) is 0.716. The van der Waals surface area contributed by atoms with E-state index in [1.807, 2.05) is 17.0 Å². The van der Waals surface area contributed by atoms with Gasteiger partial charge in [-0.3, -0.25) is 14.7 Å². The predicted octanol–water partition coefficient (Wildman–Crippen LogP) is 3.20. The maximum atomic E-state index is 12.6. The molecule has 1 aromatic heterocycles. The van der Waals surface area contributed by atoms with Crippen LogP contribution in [0.4, 0.5) is 0 Å². The first-order chi connectivity index (χ1) is 13.3. The monoisotopic (exact) mass is 361 g/mol. The summed E-state index contributed by atoms with van der Waals surface area (Å²) in [5, 5.41) is 2.45. The van der Waals surface area contributed by atoms with Crippen LogP contribution < -0.4 is 4.74 Å². The highest BCUT2D eigenvalue weighted by Crippen LogP contribution is 2.29. The molecule has 5 nitrogen and oxygen atoms in total. The van der Waals surface area contributed by atoms with Gasteiger partial charge in [-0.2, -0.15) is 0 Å². The minimum absolute atomic E-state index is 0.0606. The Labute approximate surface area is 159 Å². The van der Waals surface area contributed by atoms with Crippen LogP contribution in [0.2, 0.25) is 0 Å². The average molecular weight is 361 g/mol. The van der Waals surface area contributed by atoms with Gasteiger partial charge >= 0.3 is 0 Å². The van der Waals surface area contributed by atoms with E-state index in [0.29, 0.717) is 5.56 Å². The maximum Gasteiger partial charge on any atom is 0.255 e. The van der Waals surface area contributed by atoms with Crippen LogP contribution in [0.3, 0.4) is 0 Å². The smallest absolute Gasteiger partial charge is 0.255 e. The van der Waals surface area contributed by atoms with Gasteiger partial charge in [0, 0.05) is 50.7 Å². The third-order valence-corrected chi connectivity index (χ3v) is 5.17. The van der Waals surface area contributed by atoms with Crippen LogP contribution in [0, 0.1) is 0 Å². The number of pyridine rings is 1. The minimum Gasteiger partial charge on any atom is -0.496 e. The lowest BCUT2D eigenvalue weighted by Crippen LogP contribution is -2.48. The highest BCUT2D eigenvalue weighted by atomic mass is 16.5. The summed E-state index contributed by atoms with van der Waals surface area (Å²) in [4.78, 5) is 20.9. The first kappa shape index (κ1) is 17.5. The van der Waals surface area contributed by atoms with Gasteiger partial charge in [-0.05, 0) is 29.0 Å². The molecule has 138 valence electrons. The number of carbonyl (C=O) groups is 1. The molecular weight excluding hydrogens is 338 g/mol. The molecule has 5 heteroatoms. The molecule has 27 heavy (non-hydrogen) atoms. The number of piperazine rings is 1. The van der Waals surface area contributed by atoms with E-state index in [1.54, 1.807) is 25.6 Å². The van der Waals surface area contributed by atoms with Gasteiger partial charge in [-0.25, -0.2) is 0 Å². The summed E-state index contributed by atoms with van der Waals surface area (Å²) in [5.74, 6) is 0.980. The van der Waals surface area contributed by atoms with E-state index < -0.39 is 0 Å². The molecule has 0 bridgehead atoms. The highest BCUT2D eigenvalue weighted by Gasteiger charge is 2.23. The molecule has 0 N–H and O–H groups in total. The third kappa shape index (κ3) is 3.64. The van der Waals surface area contributed by atoms with Crippen molar-refractivity contribution in [1.82, 2.24) is 14.8 Å². The number of nitrogens with zero attached hydrogens (tertiary/aromatic N) is 3. The number of amides is 1. The molecule has 0 unspecified atom stereocenters. The van der Waals surface area contributed by atoms with Crippen molar-refractivity contribution in [2.24, 2.45) is 0 Å². The van der Waals surface area contributed by atoms with Crippen molar-refractivity contribution in [2.45, 2.75) is 6.54 Å². The molecule has 1 saturated heterocycles. The Morgan fingerprint density at radius 3 is 2.59 bits per heavy atom. The van der Waals surface area contributed by atoms with E-state index in [2.05, 4.69) is 40.2 Å². The van der Waals surface area contributed by atoms with Crippen LogP contribution in [0.1, 0.15) is 15.9 Å². The standard InChI is InChI=1S/C22H23N3O2/c1-27-21-9-8-17-5-2-3-7-19(17)20(21)16-24-11-13-25(14-12-24)22(26)18-6-4-10-23-15-18/h2-10,15H,11-14,16H2,1H3. The number of ether oxygens (including phenoxy) is 1. The summed E-state index contributed by atoms with van der Waals surface area (Å²) in [6, 6.07) is 16.2. The largest absolute Gasteiger partial charge is 0.496 e. The van der Waals surface area contributed by atoms with Gasteiger partial charge < -0.3 is 9.64 Å². The Bertz CT molecular complexity index is 935. The average Bonchev–Trinajstić information content (AvgIpc) is 2.74. The summed E-state index contributed by atoms with van der Waals surface area (Å²) in [5.41, 5.74) is 1.87. The zero-order valence-electron chi connectivity index (χ0n) is 15.5. The first-order valence-electron chi connectivity index (χ1n) is 9.22. The molecule has 2 aromatic carbocycles. The maximum absolute atomic E-state index is 12.6. The van der Waals surface area contributed by atoms with E-state index in [9.17, 15) is 4.79 Å². The van der Waals surface area contributed by atoms with Crippen molar-refractivity contribution in [3.63, 3.8) is 0 Å². The number of hydrogen-bond acceptors (Lipinski definition) is 4. The molecule has 0 aliphatic carbocycles. The van der Waals surface area contributed by atoms with Gasteiger partial charge in [-0.15, -0.1) is 0 Å². The normalized spacial score (nSPS) is 15.1. The van der Waals surface area contributed by atoms with Crippen LogP contribution >= 0.6 is 0 Å². The van der Waals surface area contributed by atoms with Crippen molar-refractivity contribution in [2.75, 3.05) is 33.3 Å². The lowest BCUT2D eigenvalue weighted by atomic mass is 10.0. The van der Waals surface area contributed by atoms with Crippen LogP contribution in [0.5, 0.6) is 5.75 Å². The molecule has 1 amide bonds. The van der Waals surface area contributed by atoms with Crippen molar-refractivity contribution < 1.29 is 9.53 Å². The first-order valence-corrected chi connectivity index (χ1v) is 9.22. The Kier molecular flexibility index (Phi) is 5.03. The molecule has 2 heterocycles. The Morgan fingerprint density at radius 1 is 1.04 bits per heavy atom. The van der Waals surface area contributed by atoms with Crippen LogP contribution in [0.15, 0.2) is 60.9 Å². The fourth-order valence-electron chi connectivity index (χ4n) is 3.67. The summed E-state index contributed by atoms with van der Waals surface area (Å²) < 4.78 is 5.61. The van der Waals surface area contributed by atoms with E-state index in [4.69, 9.17) is 4.74 Å². The van der Waals surface area contributed by atoms with E-state index in [1.165, 1.54) is 16.3 Å². The summed E-state index contributed by atoms with van der Waals surface area (Å²) >= 11 is 0. The van der Waals surface area contributed by atoms with Gasteiger partial charge in [0.1, 0.15) is 5.75 Å². The molecule has 0 saturated carbocycles. The lowest BCUT2D eigenvalue weighted by molar-refractivity contribution is 0.0627. The van der Waals surface area contributed by atoms with Crippen molar-refractivity contribution in [1.29, 1.82) is 0 Å². The number of hydrogen-bond donors (Lipinski definition) is 0. The van der Waals surface area contributed by atoms with E-state index >= 15 is 0 Å². The topological polar surface area (TPSA) is 45.7 Å². The van der Waals surface area contributed by atoms with Gasteiger partial charge in [0.05, 0.1) is 12.7 Å². The molecule has 1 fully saturated rings. The summed E-state index contributed by atoms with van der Waals surface area (Å²) in [6.45, 7) is 3.96. The lowest BCUT2D eigenvalue weighted by Gasteiger charge is -2.35.